The van der Waals surface area contributed by atoms with Crippen LogP contribution in [0.1, 0.15) is 39.7 Å². The van der Waals surface area contributed by atoms with Crippen molar-refractivity contribution in [3.05, 3.63) is 68.8 Å². The summed E-state index contributed by atoms with van der Waals surface area (Å²) in [5, 5.41) is 0.839. The van der Waals surface area contributed by atoms with E-state index in [0.29, 0.717) is 16.2 Å². The summed E-state index contributed by atoms with van der Waals surface area (Å²) in [4.78, 5) is 31.2. The standard InChI is InChI=1S/C20H16N2O4S/c23-18-10-13(21-20-22(18)14-6-2-4-8-17(14)27-20)11-25-19(24)16-9-12-5-1-3-7-15(12)26-16/h1,3,5,7,9-10H,2,4,6,8,11H2. The van der Waals surface area contributed by atoms with Crippen LogP contribution in [0.15, 0.2) is 45.6 Å². The van der Waals surface area contributed by atoms with Crippen LogP contribution in [0.2, 0.25) is 0 Å². The molecular formula is C20H16N2O4S. The fraction of sp³-hybridized carbons (Fsp3) is 0.250. The number of carbonyl (C=O) groups excluding carboxylic acids is 1. The van der Waals surface area contributed by atoms with Gasteiger partial charge in [0.2, 0.25) is 5.76 Å². The number of nitrogens with zero attached hydrogens (tertiary/aromatic N) is 2. The highest BCUT2D eigenvalue weighted by Gasteiger charge is 2.19. The van der Waals surface area contributed by atoms with Crippen molar-refractivity contribution in [2.75, 3.05) is 0 Å². The van der Waals surface area contributed by atoms with E-state index in [4.69, 9.17) is 9.15 Å². The number of ether oxygens (including phenoxy) is 1. The number of aryl methyl sites for hydroxylation is 2. The first kappa shape index (κ1) is 16.3. The molecule has 0 N–H and O–H groups in total. The molecule has 1 aliphatic rings. The molecule has 0 spiro atoms. The van der Waals surface area contributed by atoms with Crippen molar-refractivity contribution < 1.29 is 13.9 Å². The maximum atomic E-state index is 12.5. The van der Waals surface area contributed by atoms with Gasteiger partial charge in [-0.15, -0.1) is 11.3 Å². The van der Waals surface area contributed by atoms with E-state index in [1.807, 2.05) is 18.2 Å². The summed E-state index contributed by atoms with van der Waals surface area (Å²) in [5.41, 5.74) is 2.05. The van der Waals surface area contributed by atoms with E-state index >= 15 is 0 Å². The summed E-state index contributed by atoms with van der Waals surface area (Å²) in [6.07, 6.45) is 4.16. The predicted molar refractivity (Wildman–Crippen MR) is 101 cm³/mol. The molecule has 136 valence electrons. The first-order chi connectivity index (χ1) is 13.2. The Balaban J connectivity index is 1.39. The number of hydrogen-bond acceptors (Lipinski definition) is 6. The Labute approximate surface area is 158 Å². The van der Waals surface area contributed by atoms with Crippen molar-refractivity contribution in [2.45, 2.75) is 32.3 Å². The SMILES string of the molecule is O=C(OCc1cc(=O)n2c3c(sc2n1)CCCC3)c1cc2ccccc2o1. The third-order valence-corrected chi connectivity index (χ3v) is 5.94. The molecule has 1 aromatic carbocycles. The molecule has 0 unspecified atom stereocenters. The minimum absolute atomic E-state index is 0.0653. The lowest BCUT2D eigenvalue weighted by atomic mass is 10.0. The minimum atomic E-state index is -0.571. The number of benzene rings is 1. The number of para-hydroxylation sites is 1. The molecule has 4 aromatic rings. The van der Waals surface area contributed by atoms with Gasteiger partial charge in [0.05, 0.1) is 5.69 Å². The van der Waals surface area contributed by atoms with Gasteiger partial charge < -0.3 is 9.15 Å². The van der Waals surface area contributed by atoms with Gasteiger partial charge in [-0.1, -0.05) is 18.2 Å². The van der Waals surface area contributed by atoms with Gasteiger partial charge in [-0.25, -0.2) is 9.78 Å². The summed E-state index contributed by atoms with van der Waals surface area (Å²) in [6.45, 7) is -0.0653. The normalized spacial score (nSPS) is 13.8. The first-order valence-electron chi connectivity index (χ1n) is 8.88. The van der Waals surface area contributed by atoms with Crippen LogP contribution in [0, 0.1) is 0 Å². The van der Waals surface area contributed by atoms with Crippen molar-refractivity contribution in [1.82, 2.24) is 9.38 Å². The molecule has 0 amide bonds. The van der Waals surface area contributed by atoms with Gasteiger partial charge in [0.1, 0.15) is 12.2 Å². The molecule has 7 heteroatoms. The molecule has 6 nitrogen and oxygen atoms in total. The molecule has 0 saturated carbocycles. The number of rotatable bonds is 3. The van der Waals surface area contributed by atoms with Gasteiger partial charge in [-0.05, 0) is 37.8 Å². The second kappa shape index (κ2) is 6.35. The fourth-order valence-electron chi connectivity index (χ4n) is 3.51. The average Bonchev–Trinajstić information content (AvgIpc) is 3.27. The molecule has 0 aliphatic heterocycles. The lowest BCUT2D eigenvalue weighted by Gasteiger charge is -2.10. The van der Waals surface area contributed by atoms with Crippen LogP contribution < -0.4 is 5.56 Å². The smallest absolute Gasteiger partial charge is 0.374 e. The summed E-state index contributed by atoms with van der Waals surface area (Å²) >= 11 is 1.55. The van der Waals surface area contributed by atoms with Crippen LogP contribution in [-0.4, -0.2) is 15.4 Å². The summed E-state index contributed by atoms with van der Waals surface area (Å²) in [5.74, 6) is -0.431. The van der Waals surface area contributed by atoms with Crippen LogP contribution in [0.5, 0.6) is 0 Å². The maximum absolute atomic E-state index is 12.5. The maximum Gasteiger partial charge on any atom is 0.374 e. The number of hydrogen-bond donors (Lipinski definition) is 0. The zero-order valence-corrected chi connectivity index (χ0v) is 15.3. The van der Waals surface area contributed by atoms with Crippen LogP contribution >= 0.6 is 11.3 Å². The quantitative estimate of drug-likeness (QED) is 0.506. The molecule has 0 radical (unpaired) electrons. The van der Waals surface area contributed by atoms with E-state index in [-0.39, 0.29) is 17.9 Å². The third-order valence-electron chi connectivity index (χ3n) is 4.79. The number of furan rings is 1. The predicted octanol–water partition coefficient (Wildman–Crippen LogP) is 3.74. The number of carbonyl (C=O) groups is 1. The summed E-state index contributed by atoms with van der Waals surface area (Å²) in [7, 11) is 0. The highest BCUT2D eigenvalue weighted by molar-refractivity contribution is 7.17. The zero-order valence-electron chi connectivity index (χ0n) is 14.4. The number of aromatic nitrogens is 2. The van der Waals surface area contributed by atoms with E-state index in [1.54, 1.807) is 27.9 Å². The van der Waals surface area contributed by atoms with Crippen molar-refractivity contribution in [3.63, 3.8) is 0 Å². The van der Waals surface area contributed by atoms with E-state index in [9.17, 15) is 9.59 Å². The van der Waals surface area contributed by atoms with Crippen molar-refractivity contribution in [2.24, 2.45) is 0 Å². The Morgan fingerprint density at radius 3 is 2.96 bits per heavy atom. The Hall–Kier alpha value is -2.93. The fourth-order valence-corrected chi connectivity index (χ4v) is 4.74. The molecule has 3 aromatic heterocycles. The van der Waals surface area contributed by atoms with Gasteiger partial charge in [-0.3, -0.25) is 9.20 Å². The number of esters is 1. The molecule has 5 rings (SSSR count). The second-order valence-electron chi connectivity index (χ2n) is 6.61. The monoisotopic (exact) mass is 380 g/mol. The lowest BCUT2D eigenvalue weighted by Crippen LogP contribution is -2.18. The molecule has 0 fully saturated rings. The molecule has 0 saturated heterocycles. The summed E-state index contributed by atoms with van der Waals surface area (Å²) < 4.78 is 12.5. The van der Waals surface area contributed by atoms with E-state index in [2.05, 4.69) is 4.98 Å². The topological polar surface area (TPSA) is 73.8 Å². The number of fused-ring (bicyclic) bond motifs is 4. The van der Waals surface area contributed by atoms with Crippen molar-refractivity contribution in [3.8, 4) is 0 Å². The minimum Gasteiger partial charge on any atom is -0.453 e. The molecule has 3 heterocycles. The Morgan fingerprint density at radius 1 is 1.22 bits per heavy atom. The molecule has 1 aliphatic carbocycles. The van der Waals surface area contributed by atoms with Crippen LogP contribution in [0.4, 0.5) is 0 Å². The van der Waals surface area contributed by atoms with Gasteiger partial charge in [0.15, 0.2) is 4.96 Å². The Bertz CT molecular complexity index is 1200. The van der Waals surface area contributed by atoms with Gasteiger partial charge in [0.25, 0.3) is 5.56 Å². The molecule has 0 atom stereocenters. The molecular weight excluding hydrogens is 364 g/mol. The van der Waals surface area contributed by atoms with Gasteiger partial charge in [0, 0.05) is 22.0 Å². The van der Waals surface area contributed by atoms with Gasteiger partial charge in [-0.2, -0.15) is 0 Å². The largest absolute Gasteiger partial charge is 0.453 e. The molecule has 27 heavy (non-hydrogen) atoms. The van der Waals surface area contributed by atoms with E-state index in [0.717, 1.165) is 36.8 Å². The van der Waals surface area contributed by atoms with Crippen molar-refractivity contribution >= 4 is 33.2 Å². The Kier molecular flexibility index (Phi) is 3.82. The van der Waals surface area contributed by atoms with E-state index < -0.39 is 5.97 Å². The zero-order chi connectivity index (χ0) is 18.4. The highest BCUT2D eigenvalue weighted by Crippen LogP contribution is 2.28. The third kappa shape index (κ3) is 2.84. The van der Waals surface area contributed by atoms with Crippen LogP contribution in [0.3, 0.4) is 0 Å². The second-order valence-corrected chi connectivity index (χ2v) is 7.67. The first-order valence-corrected chi connectivity index (χ1v) is 9.69. The van der Waals surface area contributed by atoms with Gasteiger partial charge >= 0.3 is 5.97 Å². The molecule has 0 bridgehead atoms. The number of thiazole rings is 1. The average molecular weight is 380 g/mol. The van der Waals surface area contributed by atoms with E-state index in [1.165, 1.54) is 10.9 Å². The lowest BCUT2D eigenvalue weighted by molar-refractivity contribution is 0.0434. The van der Waals surface area contributed by atoms with Crippen molar-refractivity contribution in [1.29, 1.82) is 0 Å². The highest BCUT2D eigenvalue weighted by atomic mass is 32.1. The van der Waals surface area contributed by atoms with Crippen LogP contribution in [0.25, 0.3) is 15.9 Å². The Morgan fingerprint density at radius 2 is 2.07 bits per heavy atom. The summed E-state index contributed by atoms with van der Waals surface area (Å²) in [6, 6.07) is 10.5. The van der Waals surface area contributed by atoms with Crippen LogP contribution in [-0.2, 0) is 24.2 Å².